The SMILES string of the molecule is CN(CCN1CCc2sc(Br)cc2C1)c1ccccc1. The molecular formula is C16H19BrN2S. The van der Waals surface area contributed by atoms with Crippen molar-refractivity contribution < 1.29 is 0 Å². The fourth-order valence-corrected chi connectivity index (χ4v) is 4.40. The van der Waals surface area contributed by atoms with Crippen LogP contribution in [0.3, 0.4) is 0 Å². The van der Waals surface area contributed by atoms with Crippen LogP contribution in [-0.2, 0) is 13.0 Å². The molecule has 0 amide bonds. The Labute approximate surface area is 133 Å². The fourth-order valence-electron chi connectivity index (χ4n) is 2.65. The minimum absolute atomic E-state index is 1.07. The smallest absolute Gasteiger partial charge is 0.0704 e. The lowest BCUT2D eigenvalue weighted by atomic mass is 10.1. The highest BCUT2D eigenvalue weighted by molar-refractivity contribution is 9.11. The molecule has 1 aromatic carbocycles. The molecule has 20 heavy (non-hydrogen) atoms. The lowest BCUT2D eigenvalue weighted by molar-refractivity contribution is 0.262. The van der Waals surface area contributed by atoms with Gasteiger partial charge in [-0.2, -0.15) is 0 Å². The molecule has 1 aromatic heterocycles. The van der Waals surface area contributed by atoms with Crippen molar-refractivity contribution in [3.63, 3.8) is 0 Å². The molecule has 1 aliphatic heterocycles. The third kappa shape index (κ3) is 3.25. The maximum atomic E-state index is 3.60. The predicted octanol–water partition coefficient (Wildman–Crippen LogP) is 4.01. The van der Waals surface area contributed by atoms with Crippen LogP contribution < -0.4 is 4.90 Å². The third-order valence-electron chi connectivity index (χ3n) is 3.86. The number of hydrogen-bond acceptors (Lipinski definition) is 3. The zero-order valence-corrected chi connectivity index (χ0v) is 14.1. The molecular weight excluding hydrogens is 332 g/mol. The van der Waals surface area contributed by atoms with Crippen LogP contribution >= 0.6 is 27.3 Å². The first-order valence-corrected chi connectivity index (χ1v) is 8.59. The molecule has 1 aliphatic rings. The van der Waals surface area contributed by atoms with E-state index < -0.39 is 0 Å². The molecule has 0 fully saturated rings. The van der Waals surface area contributed by atoms with Crippen LogP contribution in [0.4, 0.5) is 5.69 Å². The highest BCUT2D eigenvalue weighted by atomic mass is 79.9. The van der Waals surface area contributed by atoms with Crippen LogP contribution in [-0.4, -0.2) is 31.6 Å². The van der Waals surface area contributed by atoms with Gasteiger partial charge in [-0.1, -0.05) is 18.2 Å². The van der Waals surface area contributed by atoms with Crippen molar-refractivity contribution in [2.24, 2.45) is 0 Å². The molecule has 0 saturated heterocycles. The van der Waals surface area contributed by atoms with Crippen LogP contribution in [0.15, 0.2) is 40.2 Å². The molecule has 0 N–H and O–H groups in total. The van der Waals surface area contributed by atoms with E-state index >= 15 is 0 Å². The summed E-state index contributed by atoms with van der Waals surface area (Å²) in [6.45, 7) is 4.48. The van der Waals surface area contributed by atoms with Gasteiger partial charge in [-0.25, -0.2) is 0 Å². The summed E-state index contributed by atoms with van der Waals surface area (Å²) >= 11 is 5.49. The van der Waals surface area contributed by atoms with E-state index in [0.29, 0.717) is 0 Å². The Morgan fingerprint density at radius 3 is 2.90 bits per heavy atom. The Balaban J connectivity index is 1.55. The quantitative estimate of drug-likeness (QED) is 0.821. The molecule has 0 saturated carbocycles. The summed E-state index contributed by atoms with van der Waals surface area (Å²) in [6.07, 6.45) is 1.20. The average Bonchev–Trinajstić information content (AvgIpc) is 2.85. The van der Waals surface area contributed by atoms with Gasteiger partial charge >= 0.3 is 0 Å². The van der Waals surface area contributed by atoms with Gasteiger partial charge in [0, 0.05) is 43.8 Å². The minimum Gasteiger partial charge on any atom is -0.373 e. The second kappa shape index (κ2) is 6.29. The maximum Gasteiger partial charge on any atom is 0.0704 e. The largest absolute Gasteiger partial charge is 0.373 e. The lowest BCUT2D eigenvalue weighted by Gasteiger charge is -2.29. The number of para-hydroxylation sites is 1. The Bertz CT molecular complexity index is 567. The molecule has 0 spiro atoms. The van der Waals surface area contributed by atoms with Crippen molar-refractivity contribution in [1.82, 2.24) is 4.90 Å². The lowest BCUT2D eigenvalue weighted by Crippen LogP contribution is -2.36. The summed E-state index contributed by atoms with van der Waals surface area (Å²) in [4.78, 5) is 6.45. The molecule has 0 unspecified atom stereocenters. The van der Waals surface area contributed by atoms with Crippen LogP contribution in [0.2, 0.25) is 0 Å². The maximum absolute atomic E-state index is 3.60. The number of benzene rings is 1. The van der Waals surface area contributed by atoms with Crippen LogP contribution in [0.25, 0.3) is 0 Å². The number of fused-ring (bicyclic) bond motifs is 1. The number of thiophene rings is 1. The van der Waals surface area contributed by atoms with E-state index in [9.17, 15) is 0 Å². The Kier molecular flexibility index (Phi) is 4.44. The van der Waals surface area contributed by atoms with Crippen molar-refractivity contribution in [1.29, 1.82) is 0 Å². The molecule has 2 nitrogen and oxygen atoms in total. The van der Waals surface area contributed by atoms with E-state index in [4.69, 9.17) is 0 Å². The number of anilines is 1. The van der Waals surface area contributed by atoms with Crippen molar-refractivity contribution in [3.8, 4) is 0 Å². The molecule has 0 radical (unpaired) electrons. The molecule has 2 aromatic rings. The van der Waals surface area contributed by atoms with Gasteiger partial charge in [0.2, 0.25) is 0 Å². The van der Waals surface area contributed by atoms with E-state index in [1.165, 1.54) is 28.0 Å². The second-order valence-electron chi connectivity index (χ2n) is 5.28. The molecule has 0 bridgehead atoms. The van der Waals surface area contributed by atoms with E-state index in [1.807, 2.05) is 11.3 Å². The van der Waals surface area contributed by atoms with E-state index in [2.05, 4.69) is 69.2 Å². The molecule has 4 heteroatoms. The van der Waals surface area contributed by atoms with Gasteiger partial charge in [0.1, 0.15) is 0 Å². The summed E-state index contributed by atoms with van der Waals surface area (Å²) < 4.78 is 1.27. The number of nitrogens with zero attached hydrogens (tertiary/aromatic N) is 2. The third-order valence-corrected chi connectivity index (χ3v) is 5.60. The Hall–Kier alpha value is -0.840. The van der Waals surface area contributed by atoms with Crippen LogP contribution in [0.1, 0.15) is 10.4 Å². The normalized spacial score (nSPS) is 15.1. The number of rotatable bonds is 4. The van der Waals surface area contributed by atoms with Gasteiger partial charge < -0.3 is 4.90 Å². The zero-order chi connectivity index (χ0) is 13.9. The van der Waals surface area contributed by atoms with Gasteiger partial charge in [-0.3, -0.25) is 4.90 Å². The second-order valence-corrected chi connectivity index (χ2v) is 7.80. The summed E-state index contributed by atoms with van der Waals surface area (Å²) in [5.41, 5.74) is 2.80. The Morgan fingerprint density at radius 1 is 1.30 bits per heavy atom. The van der Waals surface area contributed by atoms with Gasteiger partial charge in [0.15, 0.2) is 0 Å². The van der Waals surface area contributed by atoms with E-state index in [0.717, 1.165) is 19.6 Å². The minimum atomic E-state index is 1.07. The number of halogens is 1. The van der Waals surface area contributed by atoms with Crippen molar-refractivity contribution >= 4 is 33.0 Å². The molecule has 0 aliphatic carbocycles. The highest BCUT2D eigenvalue weighted by Gasteiger charge is 2.18. The zero-order valence-electron chi connectivity index (χ0n) is 11.7. The first kappa shape index (κ1) is 14.1. The summed E-state index contributed by atoms with van der Waals surface area (Å²) in [6, 6.07) is 12.9. The average molecular weight is 351 g/mol. The predicted molar refractivity (Wildman–Crippen MR) is 90.7 cm³/mol. The molecule has 2 heterocycles. The van der Waals surface area contributed by atoms with Crippen molar-refractivity contribution in [2.45, 2.75) is 13.0 Å². The van der Waals surface area contributed by atoms with Gasteiger partial charge in [-0.15, -0.1) is 11.3 Å². The highest BCUT2D eigenvalue weighted by Crippen LogP contribution is 2.31. The van der Waals surface area contributed by atoms with Crippen molar-refractivity contribution in [2.75, 3.05) is 31.6 Å². The first-order chi connectivity index (χ1) is 9.72. The summed E-state index contributed by atoms with van der Waals surface area (Å²) in [5, 5.41) is 0. The molecule has 106 valence electrons. The number of likely N-dealkylation sites (N-methyl/N-ethyl adjacent to an activating group) is 1. The fraction of sp³-hybridized carbons (Fsp3) is 0.375. The van der Waals surface area contributed by atoms with E-state index in [-0.39, 0.29) is 0 Å². The standard InChI is InChI=1S/C16H19BrN2S/c1-18(14-5-3-2-4-6-14)9-10-19-8-7-15-13(12-19)11-16(17)20-15/h2-6,11H,7-10,12H2,1H3. The number of hydrogen-bond donors (Lipinski definition) is 0. The summed E-state index contributed by atoms with van der Waals surface area (Å²) in [7, 11) is 2.17. The monoisotopic (exact) mass is 350 g/mol. The first-order valence-electron chi connectivity index (χ1n) is 6.98. The van der Waals surface area contributed by atoms with Gasteiger partial charge in [0.25, 0.3) is 0 Å². The molecule has 3 rings (SSSR count). The van der Waals surface area contributed by atoms with Crippen molar-refractivity contribution in [3.05, 3.63) is 50.6 Å². The van der Waals surface area contributed by atoms with Gasteiger partial charge in [-0.05, 0) is 46.1 Å². The topological polar surface area (TPSA) is 6.48 Å². The Morgan fingerprint density at radius 2 is 2.10 bits per heavy atom. The van der Waals surface area contributed by atoms with Gasteiger partial charge in [0.05, 0.1) is 3.79 Å². The summed E-state index contributed by atoms with van der Waals surface area (Å²) in [5.74, 6) is 0. The van der Waals surface area contributed by atoms with Crippen LogP contribution in [0.5, 0.6) is 0 Å². The van der Waals surface area contributed by atoms with E-state index in [1.54, 1.807) is 4.88 Å². The molecule has 0 atom stereocenters. The van der Waals surface area contributed by atoms with Crippen LogP contribution in [0, 0.1) is 0 Å².